The number of amides is 1. The molecule has 0 aliphatic rings. The molecule has 0 radical (unpaired) electrons. The Morgan fingerprint density at radius 1 is 1.64 bits per heavy atom. The Kier molecular flexibility index (Phi) is 3.19. The number of hydrogen-bond donors (Lipinski definition) is 1. The minimum atomic E-state index is -0.498. The molecule has 4 heteroatoms. The van der Waals surface area contributed by atoms with Crippen molar-refractivity contribution >= 4 is 11.6 Å². The van der Waals surface area contributed by atoms with Gasteiger partial charge in [0.15, 0.2) is 0 Å². The Morgan fingerprint density at radius 3 is 2.93 bits per heavy atom. The van der Waals surface area contributed by atoms with Crippen molar-refractivity contribution in [2.75, 3.05) is 5.32 Å². The molecule has 0 spiro atoms. The molecule has 0 unspecified atom stereocenters. The lowest BCUT2D eigenvalue weighted by Crippen LogP contribution is -2.07. The Balaban J connectivity index is 2.97. The zero-order valence-electron chi connectivity index (χ0n) is 7.67. The van der Waals surface area contributed by atoms with Gasteiger partial charge in [-0.3, -0.25) is 4.79 Å². The van der Waals surface area contributed by atoms with E-state index >= 15 is 0 Å². The molecule has 1 rings (SSSR count). The topological polar surface area (TPSA) is 52.9 Å². The quantitative estimate of drug-likeness (QED) is 0.777. The van der Waals surface area contributed by atoms with Crippen molar-refractivity contribution in [2.45, 2.75) is 13.3 Å². The number of halogens is 1. The van der Waals surface area contributed by atoms with Gasteiger partial charge in [0.25, 0.3) is 0 Å². The smallest absolute Gasteiger partial charge is 0.221 e. The fourth-order valence-electron chi connectivity index (χ4n) is 1.06. The standard InChI is InChI=1S/C10H9FN2O/c1-7(14)13-10-6-8(4-5-12)2-3-9(10)11/h2-3,6H,4H2,1H3,(H,13,14). The van der Waals surface area contributed by atoms with Crippen molar-refractivity contribution in [3.63, 3.8) is 0 Å². The van der Waals surface area contributed by atoms with Crippen LogP contribution in [0, 0.1) is 17.1 Å². The summed E-state index contributed by atoms with van der Waals surface area (Å²) in [6.45, 7) is 1.30. The molecule has 0 saturated carbocycles. The first-order valence-corrected chi connectivity index (χ1v) is 4.06. The molecule has 0 saturated heterocycles. The highest BCUT2D eigenvalue weighted by Gasteiger charge is 2.04. The molecule has 0 atom stereocenters. The summed E-state index contributed by atoms with van der Waals surface area (Å²) in [6, 6.07) is 6.16. The molecular formula is C10H9FN2O. The molecule has 0 aromatic heterocycles. The van der Waals surface area contributed by atoms with Gasteiger partial charge < -0.3 is 5.32 Å². The molecule has 0 aliphatic carbocycles. The van der Waals surface area contributed by atoms with Gasteiger partial charge in [0.1, 0.15) is 5.82 Å². The van der Waals surface area contributed by atoms with Crippen LogP contribution in [0.1, 0.15) is 12.5 Å². The summed E-state index contributed by atoms with van der Waals surface area (Å²) in [7, 11) is 0. The van der Waals surface area contributed by atoms with E-state index in [1.165, 1.54) is 25.1 Å². The number of nitriles is 1. The molecule has 3 nitrogen and oxygen atoms in total. The van der Waals surface area contributed by atoms with Crippen LogP contribution in [0.5, 0.6) is 0 Å². The van der Waals surface area contributed by atoms with E-state index in [4.69, 9.17) is 5.26 Å². The lowest BCUT2D eigenvalue weighted by atomic mass is 10.1. The summed E-state index contributed by atoms with van der Waals surface area (Å²) in [5.41, 5.74) is 0.794. The lowest BCUT2D eigenvalue weighted by molar-refractivity contribution is -0.114. The predicted molar refractivity (Wildman–Crippen MR) is 50.0 cm³/mol. The average Bonchev–Trinajstić information content (AvgIpc) is 2.10. The van der Waals surface area contributed by atoms with Crippen molar-refractivity contribution in [3.8, 4) is 6.07 Å². The predicted octanol–water partition coefficient (Wildman–Crippen LogP) is 1.85. The van der Waals surface area contributed by atoms with Crippen molar-refractivity contribution in [1.82, 2.24) is 0 Å². The number of nitrogens with one attached hydrogen (secondary N) is 1. The maximum atomic E-state index is 13.1. The molecule has 0 fully saturated rings. The minimum absolute atomic E-state index is 0.116. The normalized spacial score (nSPS) is 9.21. The maximum Gasteiger partial charge on any atom is 0.221 e. The van der Waals surface area contributed by atoms with E-state index in [1.807, 2.05) is 6.07 Å². The molecule has 0 bridgehead atoms. The first-order valence-electron chi connectivity index (χ1n) is 4.06. The number of carbonyl (C=O) groups excluding carboxylic acids is 1. The van der Waals surface area contributed by atoms with Crippen LogP contribution in [0.4, 0.5) is 10.1 Å². The maximum absolute atomic E-state index is 13.1. The summed E-state index contributed by atoms with van der Waals surface area (Å²) in [6.07, 6.45) is 0.201. The highest BCUT2D eigenvalue weighted by molar-refractivity contribution is 5.88. The van der Waals surface area contributed by atoms with E-state index in [9.17, 15) is 9.18 Å². The van der Waals surface area contributed by atoms with Crippen LogP contribution in [-0.4, -0.2) is 5.91 Å². The first-order chi connectivity index (χ1) is 6.63. The van der Waals surface area contributed by atoms with Crippen LogP contribution in [0.15, 0.2) is 18.2 Å². The Labute approximate surface area is 81.2 Å². The number of rotatable bonds is 2. The van der Waals surface area contributed by atoms with Crippen LogP contribution in [0.2, 0.25) is 0 Å². The fraction of sp³-hybridized carbons (Fsp3) is 0.200. The number of nitrogens with zero attached hydrogens (tertiary/aromatic N) is 1. The summed E-state index contributed by atoms with van der Waals surface area (Å²) in [4.78, 5) is 10.7. The van der Waals surface area contributed by atoms with Crippen LogP contribution in [0.3, 0.4) is 0 Å². The van der Waals surface area contributed by atoms with Crippen LogP contribution in [-0.2, 0) is 11.2 Å². The van der Waals surface area contributed by atoms with Crippen molar-refractivity contribution in [1.29, 1.82) is 5.26 Å². The van der Waals surface area contributed by atoms with Gasteiger partial charge >= 0.3 is 0 Å². The van der Waals surface area contributed by atoms with Crippen LogP contribution >= 0.6 is 0 Å². The third-order valence-electron chi connectivity index (χ3n) is 1.62. The van der Waals surface area contributed by atoms with Crippen molar-refractivity contribution in [2.24, 2.45) is 0 Å². The molecule has 72 valence electrons. The second-order valence-corrected chi connectivity index (χ2v) is 2.83. The SMILES string of the molecule is CC(=O)Nc1cc(CC#N)ccc1F. The third-order valence-corrected chi connectivity index (χ3v) is 1.62. The van der Waals surface area contributed by atoms with Gasteiger partial charge in [0.2, 0.25) is 5.91 Å². The molecule has 0 heterocycles. The highest BCUT2D eigenvalue weighted by Crippen LogP contribution is 2.16. The largest absolute Gasteiger partial charge is 0.324 e. The van der Waals surface area contributed by atoms with E-state index in [0.717, 1.165) is 0 Å². The van der Waals surface area contributed by atoms with E-state index in [1.54, 1.807) is 0 Å². The summed E-state index contributed by atoms with van der Waals surface area (Å²) in [5.74, 6) is -0.833. The number of anilines is 1. The summed E-state index contributed by atoms with van der Waals surface area (Å²) < 4.78 is 13.1. The Hall–Kier alpha value is -1.89. The first kappa shape index (κ1) is 10.2. The molecule has 1 N–H and O–H groups in total. The van der Waals surface area contributed by atoms with Gasteiger partial charge in [-0.25, -0.2) is 4.39 Å². The second-order valence-electron chi connectivity index (χ2n) is 2.83. The molecule has 1 amide bonds. The minimum Gasteiger partial charge on any atom is -0.324 e. The summed E-state index contributed by atoms with van der Waals surface area (Å²) in [5, 5.41) is 10.8. The van der Waals surface area contributed by atoms with Gasteiger partial charge in [-0.1, -0.05) is 6.07 Å². The van der Waals surface area contributed by atoms with Crippen LogP contribution in [0.25, 0.3) is 0 Å². The second kappa shape index (κ2) is 4.38. The van der Waals surface area contributed by atoms with E-state index in [0.29, 0.717) is 5.56 Å². The van der Waals surface area contributed by atoms with E-state index < -0.39 is 5.82 Å². The molecule has 1 aromatic rings. The van der Waals surface area contributed by atoms with Gasteiger partial charge in [-0.15, -0.1) is 0 Å². The van der Waals surface area contributed by atoms with E-state index in [2.05, 4.69) is 5.32 Å². The average molecular weight is 192 g/mol. The molecular weight excluding hydrogens is 183 g/mol. The van der Waals surface area contributed by atoms with E-state index in [-0.39, 0.29) is 18.0 Å². The molecule has 14 heavy (non-hydrogen) atoms. The molecule has 1 aromatic carbocycles. The van der Waals surface area contributed by atoms with Gasteiger partial charge in [0, 0.05) is 6.92 Å². The number of benzene rings is 1. The number of hydrogen-bond acceptors (Lipinski definition) is 2. The molecule has 0 aliphatic heterocycles. The number of carbonyl (C=O) groups is 1. The monoisotopic (exact) mass is 192 g/mol. The highest BCUT2D eigenvalue weighted by atomic mass is 19.1. The van der Waals surface area contributed by atoms with Gasteiger partial charge in [-0.05, 0) is 17.7 Å². The van der Waals surface area contributed by atoms with Crippen LogP contribution < -0.4 is 5.32 Å². The summed E-state index contributed by atoms with van der Waals surface area (Å²) >= 11 is 0. The Morgan fingerprint density at radius 2 is 2.36 bits per heavy atom. The van der Waals surface area contributed by atoms with Crippen molar-refractivity contribution in [3.05, 3.63) is 29.6 Å². The van der Waals surface area contributed by atoms with Gasteiger partial charge in [0.05, 0.1) is 18.2 Å². The fourth-order valence-corrected chi connectivity index (χ4v) is 1.06. The third kappa shape index (κ3) is 2.56. The Bertz CT molecular complexity index is 396. The zero-order valence-corrected chi connectivity index (χ0v) is 7.67. The van der Waals surface area contributed by atoms with Gasteiger partial charge in [-0.2, -0.15) is 5.26 Å². The zero-order chi connectivity index (χ0) is 10.6. The van der Waals surface area contributed by atoms with Crippen molar-refractivity contribution < 1.29 is 9.18 Å². The lowest BCUT2D eigenvalue weighted by Gasteiger charge is -2.04.